The van der Waals surface area contributed by atoms with E-state index in [1.54, 1.807) is 28.6 Å². The minimum Gasteiger partial charge on any atom is -0.324 e. The van der Waals surface area contributed by atoms with Gasteiger partial charge in [-0.25, -0.2) is 0 Å². The van der Waals surface area contributed by atoms with Crippen molar-refractivity contribution in [2.75, 3.05) is 0 Å². The Kier molecular flexibility index (Phi) is 3.93. The average Bonchev–Trinajstić information content (AvgIpc) is 2.82. The highest BCUT2D eigenvalue weighted by Crippen LogP contribution is 2.33. The Balaban J connectivity index is 2.26. The molecule has 0 amide bonds. The fourth-order valence-corrected chi connectivity index (χ4v) is 3.03. The van der Waals surface area contributed by atoms with Crippen LogP contribution in [0.4, 0.5) is 0 Å². The molecule has 84 valence electrons. The summed E-state index contributed by atoms with van der Waals surface area (Å²) in [7, 11) is 0. The van der Waals surface area contributed by atoms with Gasteiger partial charge in [0.05, 0.1) is 0 Å². The second-order valence-electron chi connectivity index (χ2n) is 3.36. The van der Waals surface area contributed by atoms with Crippen molar-refractivity contribution in [3.05, 3.63) is 35.3 Å². The second kappa shape index (κ2) is 5.43. The van der Waals surface area contributed by atoms with Crippen LogP contribution in [0.2, 0.25) is 0 Å². The van der Waals surface area contributed by atoms with Crippen LogP contribution in [-0.4, -0.2) is 10.2 Å². The van der Waals surface area contributed by atoms with E-state index in [0.717, 1.165) is 10.8 Å². The highest BCUT2D eigenvalue weighted by atomic mass is 32.2. The number of nitrogens with zero attached hydrogens (tertiary/aromatic N) is 2. The van der Waals surface area contributed by atoms with E-state index in [9.17, 15) is 0 Å². The lowest BCUT2D eigenvalue weighted by molar-refractivity contribution is 0.685. The molecule has 2 aromatic rings. The lowest BCUT2D eigenvalue weighted by Gasteiger charge is -2.13. The van der Waals surface area contributed by atoms with E-state index in [1.165, 1.54) is 10.5 Å². The first-order valence-corrected chi connectivity index (χ1v) is 6.79. The molecule has 0 aliphatic carbocycles. The van der Waals surface area contributed by atoms with E-state index < -0.39 is 0 Å². The Morgan fingerprint density at radius 2 is 2.25 bits per heavy atom. The van der Waals surface area contributed by atoms with Gasteiger partial charge in [-0.3, -0.25) is 0 Å². The summed E-state index contributed by atoms with van der Waals surface area (Å²) in [6.45, 7) is 2.09. The molecule has 1 atom stereocenters. The van der Waals surface area contributed by atoms with E-state index in [2.05, 4.69) is 29.3 Å². The van der Waals surface area contributed by atoms with Gasteiger partial charge in [0.2, 0.25) is 0 Å². The Morgan fingerprint density at radius 3 is 2.94 bits per heavy atom. The Morgan fingerprint density at radius 1 is 1.44 bits per heavy atom. The van der Waals surface area contributed by atoms with Gasteiger partial charge in [0.25, 0.3) is 0 Å². The molecule has 5 heteroatoms. The fourth-order valence-electron chi connectivity index (χ4n) is 1.40. The molecule has 0 unspecified atom stereocenters. The van der Waals surface area contributed by atoms with Crippen molar-refractivity contribution < 1.29 is 0 Å². The minimum atomic E-state index is 0.0941. The number of benzene rings is 1. The molecule has 2 N–H and O–H groups in total. The zero-order valence-corrected chi connectivity index (χ0v) is 10.6. The first kappa shape index (κ1) is 11.6. The lowest BCUT2D eigenvalue weighted by Crippen LogP contribution is -2.09. The van der Waals surface area contributed by atoms with Gasteiger partial charge in [-0.2, -0.15) is 0 Å². The quantitative estimate of drug-likeness (QED) is 0.907. The number of hydrogen-bond acceptors (Lipinski definition) is 5. The van der Waals surface area contributed by atoms with Crippen molar-refractivity contribution in [2.45, 2.75) is 28.6 Å². The minimum absolute atomic E-state index is 0.0941. The highest BCUT2D eigenvalue weighted by Gasteiger charge is 2.10. The van der Waals surface area contributed by atoms with Crippen LogP contribution >= 0.6 is 23.1 Å². The third-order valence-electron chi connectivity index (χ3n) is 2.30. The van der Waals surface area contributed by atoms with Crippen LogP contribution in [0.25, 0.3) is 0 Å². The van der Waals surface area contributed by atoms with E-state index >= 15 is 0 Å². The summed E-state index contributed by atoms with van der Waals surface area (Å²) in [5, 5.41) is 7.86. The van der Waals surface area contributed by atoms with Crippen LogP contribution in [0.5, 0.6) is 0 Å². The van der Waals surface area contributed by atoms with E-state index in [0.29, 0.717) is 0 Å². The summed E-state index contributed by atoms with van der Waals surface area (Å²) >= 11 is 3.18. The summed E-state index contributed by atoms with van der Waals surface area (Å²) in [6, 6.07) is 8.30. The van der Waals surface area contributed by atoms with Gasteiger partial charge in [0, 0.05) is 10.9 Å². The lowest BCUT2D eigenvalue weighted by atomic mass is 10.1. The summed E-state index contributed by atoms with van der Waals surface area (Å²) < 4.78 is 0.954. The summed E-state index contributed by atoms with van der Waals surface area (Å²) in [6.07, 6.45) is 0.938. The largest absolute Gasteiger partial charge is 0.324 e. The predicted octanol–water partition coefficient (Wildman–Crippen LogP) is 3.10. The van der Waals surface area contributed by atoms with Gasteiger partial charge in [0.1, 0.15) is 5.51 Å². The zero-order chi connectivity index (χ0) is 11.4. The van der Waals surface area contributed by atoms with Crippen LogP contribution in [-0.2, 0) is 0 Å². The normalized spacial score (nSPS) is 12.6. The maximum absolute atomic E-state index is 6.08. The molecular formula is C11H13N3S2. The van der Waals surface area contributed by atoms with E-state index in [-0.39, 0.29) is 6.04 Å². The standard InChI is InChI=1S/C11H13N3S2/c1-2-9(12)8-5-3-4-6-10(8)16-11-14-13-7-15-11/h3-7,9H,2,12H2,1H3/t9-/m1/s1. The third-order valence-corrected chi connectivity index (χ3v) is 4.17. The molecule has 0 saturated heterocycles. The molecule has 0 bridgehead atoms. The van der Waals surface area contributed by atoms with Crippen molar-refractivity contribution >= 4 is 23.1 Å². The molecule has 1 aromatic heterocycles. The van der Waals surface area contributed by atoms with Gasteiger partial charge in [-0.05, 0) is 18.1 Å². The van der Waals surface area contributed by atoms with Crippen LogP contribution < -0.4 is 5.73 Å². The Bertz CT molecular complexity index is 442. The maximum Gasteiger partial charge on any atom is 0.178 e. The van der Waals surface area contributed by atoms with Crippen molar-refractivity contribution in [2.24, 2.45) is 5.73 Å². The van der Waals surface area contributed by atoms with E-state index in [1.807, 2.05) is 12.1 Å². The number of nitrogens with two attached hydrogens (primary N) is 1. The Labute approximate surface area is 103 Å². The van der Waals surface area contributed by atoms with Crippen molar-refractivity contribution in [3.63, 3.8) is 0 Å². The molecule has 0 fully saturated rings. The Hall–Kier alpha value is -0.910. The predicted molar refractivity (Wildman–Crippen MR) is 67.7 cm³/mol. The molecule has 1 aromatic carbocycles. The molecule has 1 heterocycles. The molecule has 2 rings (SSSR count). The van der Waals surface area contributed by atoms with Gasteiger partial charge in [-0.15, -0.1) is 10.2 Å². The van der Waals surface area contributed by atoms with Gasteiger partial charge < -0.3 is 5.73 Å². The van der Waals surface area contributed by atoms with Crippen molar-refractivity contribution in [1.29, 1.82) is 0 Å². The SMILES string of the molecule is CC[C@@H](N)c1ccccc1Sc1nncs1. The van der Waals surface area contributed by atoms with Gasteiger partial charge in [-0.1, -0.05) is 48.2 Å². The first-order valence-electron chi connectivity index (χ1n) is 5.09. The number of aromatic nitrogens is 2. The highest BCUT2D eigenvalue weighted by molar-refractivity contribution is 8.01. The third kappa shape index (κ3) is 2.61. The van der Waals surface area contributed by atoms with E-state index in [4.69, 9.17) is 5.73 Å². The summed E-state index contributed by atoms with van der Waals surface area (Å²) in [5.41, 5.74) is 9.00. The number of hydrogen-bond donors (Lipinski definition) is 1. The van der Waals surface area contributed by atoms with Gasteiger partial charge in [0.15, 0.2) is 4.34 Å². The summed E-state index contributed by atoms with van der Waals surface area (Å²) in [4.78, 5) is 1.17. The maximum atomic E-state index is 6.08. The van der Waals surface area contributed by atoms with Crippen LogP contribution in [0.1, 0.15) is 24.9 Å². The monoisotopic (exact) mass is 251 g/mol. The van der Waals surface area contributed by atoms with Crippen molar-refractivity contribution in [1.82, 2.24) is 10.2 Å². The average molecular weight is 251 g/mol. The molecule has 0 aliphatic rings. The molecule has 0 radical (unpaired) electrons. The summed E-state index contributed by atoms with van der Waals surface area (Å²) in [5.74, 6) is 0. The van der Waals surface area contributed by atoms with Crippen LogP contribution in [0.15, 0.2) is 39.0 Å². The molecule has 16 heavy (non-hydrogen) atoms. The second-order valence-corrected chi connectivity index (χ2v) is 5.48. The van der Waals surface area contributed by atoms with Crippen LogP contribution in [0, 0.1) is 0 Å². The molecule has 0 spiro atoms. The molecular weight excluding hydrogens is 238 g/mol. The van der Waals surface area contributed by atoms with Crippen LogP contribution in [0.3, 0.4) is 0 Å². The first-order chi connectivity index (χ1) is 7.81. The van der Waals surface area contributed by atoms with Crippen molar-refractivity contribution in [3.8, 4) is 0 Å². The molecule has 0 aliphatic heterocycles. The smallest absolute Gasteiger partial charge is 0.178 e. The fraction of sp³-hybridized carbons (Fsp3) is 0.273. The zero-order valence-electron chi connectivity index (χ0n) is 8.96. The molecule has 3 nitrogen and oxygen atoms in total. The topological polar surface area (TPSA) is 51.8 Å². The van der Waals surface area contributed by atoms with Gasteiger partial charge >= 0.3 is 0 Å². The molecule has 0 saturated carbocycles. The number of rotatable bonds is 4.